The molecule has 1 unspecified atom stereocenters. The van der Waals surface area contributed by atoms with Crippen molar-refractivity contribution < 1.29 is 9.90 Å². The Bertz CT molecular complexity index is 371. The molecule has 2 N–H and O–H groups in total. The van der Waals surface area contributed by atoms with Gasteiger partial charge in [0.2, 0.25) is 0 Å². The lowest BCUT2D eigenvalue weighted by molar-refractivity contribution is -0.137. The van der Waals surface area contributed by atoms with E-state index in [1.54, 1.807) is 0 Å². The van der Waals surface area contributed by atoms with Gasteiger partial charge in [-0.15, -0.1) is 0 Å². The Balaban J connectivity index is 2.76. The van der Waals surface area contributed by atoms with Crippen LogP contribution in [0, 0.1) is 5.92 Å². The normalized spacial score (nSPS) is 12.7. The Hall–Kier alpha value is -1.35. The van der Waals surface area contributed by atoms with E-state index in [2.05, 4.69) is 31.3 Å². The number of hydrogen-bond acceptors (Lipinski definition) is 2. The van der Waals surface area contributed by atoms with Crippen LogP contribution in [0.4, 0.5) is 0 Å². The average Bonchev–Trinajstić information content (AvgIpc) is 2.28. The lowest BCUT2D eigenvalue weighted by Crippen LogP contribution is -2.23. The van der Waals surface area contributed by atoms with E-state index in [0.717, 1.165) is 18.5 Å². The number of aliphatic carboxylic acids is 1. The van der Waals surface area contributed by atoms with Crippen molar-refractivity contribution in [1.29, 1.82) is 0 Å². The van der Waals surface area contributed by atoms with Crippen molar-refractivity contribution in [3.05, 3.63) is 35.4 Å². The molecule has 0 bridgehead atoms. The Morgan fingerprint density at radius 1 is 1.28 bits per heavy atom. The van der Waals surface area contributed by atoms with Crippen molar-refractivity contribution in [2.45, 2.75) is 39.7 Å². The van der Waals surface area contributed by atoms with E-state index in [4.69, 9.17) is 5.11 Å². The first-order chi connectivity index (χ1) is 8.52. The van der Waals surface area contributed by atoms with Crippen molar-refractivity contribution in [3.63, 3.8) is 0 Å². The van der Waals surface area contributed by atoms with E-state index in [-0.39, 0.29) is 12.5 Å². The molecular weight excluding hydrogens is 226 g/mol. The third kappa shape index (κ3) is 4.88. The minimum Gasteiger partial charge on any atom is -0.481 e. The molecule has 1 atom stereocenters. The van der Waals surface area contributed by atoms with Gasteiger partial charge in [-0.25, -0.2) is 0 Å². The average molecular weight is 249 g/mol. The molecule has 0 aromatic heterocycles. The smallest absolute Gasteiger partial charge is 0.305 e. The summed E-state index contributed by atoms with van der Waals surface area (Å²) in [6, 6.07) is 8.17. The molecule has 18 heavy (non-hydrogen) atoms. The summed E-state index contributed by atoms with van der Waals surface area (Å²) in [6.07, 6.45) is 1.18. The number of nitrogens with one attached hydrogen (secondary N) is 1. The van der Waals surface area contributed by atoms with Crippen LogP contribution in [-0.4, -0.2) is 17.6 Å². The van der Waals surface area contributed by atoms with Gasteiger partial charge in [0.15, 0.2) is 0 Å². The lowest BCUT2D eigenvalue weighted by Gasteiger charge is -2.17. The Morgan fingerprint density at radius 2 is 1.89 bits per heavy atom. The first-order valence-corrected chi connectivity index (χ1v) is 6.57. The van der Waals surface area contributed by atoms with Gasteiger partial charge in [0.05, 0.1) is 6.42 Å². The molecule has 3 heteroatoms. The Kier molecular flexibility index (Phi) is 5.86. The fourth-order valence-electron chi connectivity index (χ4n) is 2.09. The van der Waals surface area contributed by atoms with Gasteiger partial charge < -0.3 is 10.4 Å². The van der Waals surface area contributed by atoms with Crippen LogP contribution in [0.2, 0.25) is 0 Å². The summed E-state index contributed by atoms with van der Waals surface area (Å²) in [5.41, 5.74) is 2.35. The summed E-state index contributed by atoms with van der Waals surface area (Å²) in [4.78, 5) is 10.8. The van der Waals surface area contributed by atoms with Gasteiger partial charge in [-0.1, -0.05) is 45.0 Å². The van der Waals surface area contributed by atoms with Crippen LogP contribution < -0.4 is 5.32 Å². The van der Waals surface area contributed by atoms with Gasteiger partial charge in [-0.2, -0.15) is 0 Å². The zero-order valence-electron chi connectivity index (χ0n) is 11.4. The third-order valence-corrected chi connectivity index (χ3v) is 2.86. The van der Waals surface area contributed by atoms with Crippen LogP contribution in [0.25, 0.3) is 0 Å². The first-order valence-electron chi connectivity index (χ1n) is 6.57. The van der Waals surface area contributed by atoms with E-state index in [9.17, 15) is 4.79 Å². The van der Waals surface area contributed by atoms with Gasteiger partial charge >= 0.3 is 5.97 Å². The van der Waals surface area contributed by atoms with E-state index >= 15 is 0 Å². The summed E-state index contributed by atoms with van der Waals surface area (Å²) in [5, 5.41) is 12.1. The number of benzene rings is 1. The summed E-state index contributed by atoms with van der Waals surface area (Å²) in [6.45, 7) is 7.15. The Labute approximate surface area is 109 Å². The first kappa shape index (κ1) is 14.7. The second-order valence-corrected chi connectivity index (χ2v) is 5.05. The largest absolute Gasteiger partial charge is 0.481 e. The number of carbonyl (C=O) groups is 1. The van der Waals surface area contributed by atoms with Crippen molar-refractivity contribution in [1.82, 2.24) is 5.32 Å². The van der Waals surface area contributed by atoms with Crippen LogP contribution in [0.1, 0.15) is 44.4 Å². The van der Waals surface area contributed by atoms with Gasteiger partial charge in [-0.05, 0) is 30.0 Å². The van der Waals surface area contributed by atoms with Crippen LogP contribution in [0.3, 0.4) is 0 Å². The van der Waals surface area contributed by atoms with Crippen molar-refractivity contribution in [2.75, 3.05) is 6.54 Å². The summed E-state index contributed by atoms with van der Waals surface area (Å²) in [7, 11) is 0. The van der Waals surface area contributed by atoms with E-state index in [0.29, 0.717) is 5.92 Å². The topological polar surface area (TPSA) is 49.3 Å². The summed E-state index contributed by atoms with van der Waals surface area (Å²) in [5.74, 6) is -0.133. The van der Waals surface area contributed by atoms with Gasteiger partial charge in [-0.3, -0.25) is 4.79 Å². The molecular formula is C15H23NO2. The lowest BCUT2D eigenvalue weighted by atomic mass is 9.98. The monoisotopic (exact) mass is 249 g/mol. The van der Waals surface area contributed by atoms with Crippen molar-refractivity contribution in [3.8, 4) is 0 Å². The van der Waals surface area contributed by atoms with Gasteiger partial charge in [0.1, 0.15) is 0 Å². The van der Waals surface area contributed by atoms with E-state index in [1.165, 1.54) is 5.56 Å². The third-order valence-electron chi connectivity index (χ3n) is 2.86. The molecule has 0 saturated carbocycles. The van der Waals surface area contributed by atoms with E-state index in [1.807, 2.05) is 19.1 Å². The number of carboxylic acids is 1. The van der Waals surface area contributed by atoms with E-state index < -0.39 is 5.97 Å². The van der Waals surface area contributed by atoms with Crippen molar-refractivity contribution >= 4 is 5.97 Å². The maximum absolute atomic E-state index is 10.8. The van der Waals surface area contributed by atoms with Crippen molar-refractivity contribution in [2.24, 2.45) is 5.92 Å². The Morgan fingerprint density at radius 3 is 2.33 bits per heavy atom. The number of rotatable bonds is 7. The number of carboxylic acid groups (broad SMARTS) is 1. The quantitative estimate of drug-likeness (QED) is 0.781. The van der Waals surface area contributed by atoms with Crippen LogP contribution in [-0.2, 0) is 11.2 Å². The highest BCUT2D eigenvalue weighted by Gasteiger charge is 2.14. The molecule has 0 saturated heterocycles. The minimum absolute atomic E-state index is 0.0967. The highest BCUT2D eigenvalue weighted by atomic mass is 16.4. The summed E-state index contributed by atoms with van der Waals surface area (Å²) >= 11 is 0. The maximum atomic E-state index is 10.8. The van der Waals surface area contributed by atoms with Gasteiger partial charge in [0.25, 0.3) is 0 Å². The molecule has 3 nitrogen and oxygen atoms in total. The molecule has 1 aromatic carbocycles. The molecule has 0 heterocycles. The molecule has 0 aliphatic rings. The fraction of sp³-hybridized carbons (Fsp3) is 0.533. The molecule has 0 radical (unpaired) electrons. The predicted molar refractivity (Wildman–Crippen MR) is 73.7 cm³/mol. The molecule has 1 rings (SSSR count). The number of hydrogen-bond donors (Lipinski definition) is 2. The second kappa shape index (κ2) is 7.17. The molecule has 0 aliphatic heterocycles. The minimum atomic E-state index is -0.771. The van der Waals surface area contributed by atoms with Crippen LogP contribution in [0.15, 0.2) is 24.3 Å². The molecule has 0 fully saturated rings. The zero-order chi connectivity index (χ0) is 13.5. The second-order valence-electron chi connectivity index (χ2n) is 5.05. The molecule has 0 aliphatic carbocycles. The maximum Gasteiger partial charge on any atom is 0.305 e. The molecule has 0 amide bonds. The SMILES string of the molecule is CCNC(CC(=O)O)c1ccc(CC(C)C)cc1. The standard InChI is InChI=1S/C15H23NO2/c1-4-16-14(10-15(17)18)13-7-5-12(6-8-13)9-11(2)3/h5-8,11,14,16H,4,9-10H2,1-3H3,(H,17,18). The van der Waals surface area contributed by atoms with Crippen LogP contribution >= 0.6 is 0 Å². The van der Waals surface area contributed by atoms with Gasteiger partial charge in [0, 0.05) is 6.04 Å². The molecule has 100 valence electrons. The predicted octanol–water partition coefficient (Wildman–Crippen LogP) is 3.01. The van der Waals surface area contributed by atoms with Crippen LogP contribution in [0.5, 0.6) is 0 Å². The molecule has 0 spiro atoms. The molecule has 1 aromatic rings. The summed E-state index contributed by atoms with van der Waals surface area (Å²) < 4.78 is 0. The highest BCUT2D eigenvalue weighted by molar-refractivity contribution is 5.67. The highest BCUT2D eigenvalue weighted by Crippen LogP contribution is 2.18. The zero-order valence-corrected chi connectivity index (χ0v) is 11.4. The fourth-order valence-corrected chi connectivity index (χ4v) is 2.09.